The van der Waals surface area contributed by atoms with Gasteiger partial charge in [0.25, 0.3) is 0 Å². The molecule has 2 rings (SSSR count). The molecule has 0 N–H and O–H groups in total. The van der Waals surface area contributed by atoms with Crippen molar-refractivity contribution in [2.24, 2.45) is 5.92 Å². The number of anilines is 1. The Morgan fingerprint density at radius 2 is 2.38 bits per heavy atom. The maximum Gasteiger partial charge on any atom is 0.103 e. The van der Waals surface area contributed by atoms with Gasteiger partial charge in [0.2, 0.25) is 0 Å². The summed E-state index contributed by atoms with van der Waals surface area (Å²) in [6.45, 7) is 4.32. The van der Waals surface area contributed by atoms with Gasteiger partial charge in [0, 0.05) is 25.5 Å². The Morgan fingerprint density at radius 3 is 3.00 bits per heavy atom. The largest absolute Gasteiger partial charge is 0.370 e. The summed E-state index contributed by atoms with van der Waals surface area (Å²) in [5, 5.41) is 8.84. The monoisotopic (exact) mass is 173 g/mol. The highest BCUT2D eigenvalue weighted by Crippen LogP contribution is 2.26. The molecular weight excluding hydrogens is 162 g/mol. The van der Waals surface area contributed by atoms with Crippen molar-refractivity contribution in [3.63, 3.8) is 0 Å². The summed E-state index contributed by atoms with van der Waals surface area (Å²) in [7, 11) is 0. The maximum atomic E-state index is 8.84. The first kappa shape index (κ1) is 8.06. The molecule has 66 valence electrons. The summed E-state index contributed by atoms with van der Waals surface area (Å²) in [6, 6.07) is 4.06. The second-order valence-corrected chi connectivity index (χ2v) is 3.51. The van der Waals surface area contributed by atoms with Crippen LogP contribution in [0.5, 0.6) is 0 Å². The van der Waals surface area contributed by atoms with Gasteiger partial charge in [0.05, 0.1) is 11.3 Å². The Hall–Kier alpha value is -1.56. The van der Waals surface area contributed by atoms with E-state index in [0.29, 0.717) is 5.56 Å². The van der Waals surface area contributed by atoms with E-state index in [2.05, 4.69) is 22.9 Å². The van der Waals surface area contributed by atoms with E-state index in [4.69, 9.17) is 5.26 Å². The third-order valence-corrected chi connectivity index (χ3v) is 2.32. The summed E-state index contributed by atoms with van der Waals surface area (Å²) in [5.74, 6) is 0.750. The lowest BCUT2D eigenvalue weighted by Gasteiger charge is -2.39. The number of rotatable bonds is 1. The lowest BCUT2D eigenvalue weighted by molar-refractivity contribution is 0.447. The Balaban J connectivity index is 2.26. The Morgan fingerprint density at radius 1 is 1.62 bits per heavy atom. The van der Waals surface area contributed by atoms with E-state index in [1.807, 2.05) is 6.07 Å². The third-order valence-electron chi connectivity index (χ3n) is 2.32. The van der Waals surface area contributed by atoms with Crippen molar-refractivity contribution in [1.29, 1.82) is 5.26 Å². The lowest BCUT2D eigenvalue weighted by atomic mass is 10.0. The molecule has 0 saturated carbocycles. The predicted molar refractivity (Wildman–Crippen MR) is 50.3 cm³/mol. The van der Waals surface area contributed by atoms with Gasteiger partial charge in [-0.1, -0.05) is 6.92 Å². The average molecular weight is 173 g/mol. The van der Waals surface area contributed by atoms with E-state index in [9.17, 15) is 0 Å². The van der Waals surface area contributed by atoms with Crippen LogP contribution in [0.2, 0.25) is 0 Å². The summed E-state index contributed by atoms with van der Waals surface area (Å²) >= 11 is 0. The lowest BCUT2D eigenvalue weighted by Crippen LogP contribution is -2.45. The molecule has 1 fully saturated rings. The summed E-state index contributed by atoms with van der Waals surface area (Å²) in [4.78, 5) is 6.14. The van der Waals surface area contributed by atoms with Crippen LogP contribution in [-0.2, 0) is 0 Å². The first-order chi connectivity index (χ1) is 6.31. The van der Waals surface area contributed by atoms with E-state index >= 15 is 0 Å². The average Bonchev–Trinajstić information content (AvgIpc) is 2.13. The molecular formula is C10H11N3. The first-order valence-electron chi connectivity index (χ1n) is 4.40. The number of hydrogen-bond donors (Lipinski definition) is 0. The highest BCUT2D eigenvalue weighted by atomic mass is 15.2. The fourth-order valence-corrected chi connectivity index (χ4v) is 1.64. The number of pyridine rings is 1. The van der Waals surface area contributed by atoms with E-state index in [1.54, 1.807) is 12.4 Å². The second kappa shape index (κ2) is 3.06. The minimum atomic E-state index is 0.675. The zero-order valence-corrected chi connectivity index (χ0v) is 7.57. The van der Waals surface area contributed by atoms with Crippen LogP contribution in [0.4, 0.5) is 5.69 Å². The molecule has 0 radical (unpaired) electrons. The standard InChI is InChI=1S/C10H11N3/c1-8-6-13(7-8)10-2-3-12-5-9(10)4-11/h2-3,5,8H,6-7H2,1H3. The van der Waals surface area contributed by atoms with Crippen molar-refractivity contribution in [3.8, 4) is 6.07 Å². The van der Waals surface area contributed by atoms with E-state index in [1.165, 1.54) is 0 Å². The van der Waals surface area contributed by atoms with Crippen LogP contribution in [0.15, 0.2) is 18.5 Å². The third kappa shape index (κ3) is 1.35. The van der Waals surface area contributed by atoms with Crippen LogP contribution in [0.3, 0.4) is 0 Å². The van der Waals surface area contributed by atoms with Crippen molar-refractivity contribution >= 4 is 5.69 Å². The fourth-order valence-electron chi connectivity index (χ4n) is 1.64. The summed E-state index contributed by atoms with van der Waals surface area (Å²) in [5.41, 5.74) is 1.70. The molecule has 3 heteroatoms. The van der Waals surface area contributed by atoms with E-state index in [0.717, 1.165) is 24.7 Å². The highest BCUT2D eigenvalue weighted by molar-refractivity contribution is 5.59. The van der Waals surface area contributed by atoms with Crippen LogP contribution >= 0.6 is 0 Å². The molecule has 0 unspecified atom stereocenters. The van der Waals surface area contributed by atoms with Crippen LogP contribution < -0.4 is 4.90 Å². The van der Waals surface area contributed by atoms with Gasteiger partial charge in [-0.2, -0.15) is 5.26 Å². The number of hydrogen-bond acceptors (Lipinski definition) is 3. The SMILES string of the molecule is CC1CN(c2ccncc2C#N)C1. The zero-order chi connectivity index (χ0) is 9.26. The van der Waals surface area contributed by atoms with Gasteiger partial charge in [0.15, 0.2) is 0 Å². The normalized spacial score (nSPS) is 16.5. The molecule has 0 aromatic carbocycles. The molecule has 0 bridgehead atoms. The molecule has 0 aliphatic carbocycles. The smallest absolute Gasteiger partial charge is 0.103 e. The van der Waals surface area contributed by atoms with E-state index < -0.39 is 0 Å². The molecule has 0 amide bonds. The number of nitriles is 1. The van der Waals surface area contributed by atoms with Gasteiger partial charge >= 0.3 is 0 Å². The summed E-state index contributed by atoms with van der Waals surface area (Å²) in [6.07, 6.45) is 3.36. The number of aromatic nitrogens is 1. The summed E-state index contributed by atoms with van der Waals surface area (Å²) < 4.78 is 0. The van der Waals surface area contributed by atoms with E-state index in [-0.39, 0.29) is 0 Å². The van der Waals surface area contributed by atoms with Gasteiger partial charge < -0.3 is 4.90 Å². The van der Waals surface area contributed by atoms with Gasteiger partial charge in [-0.15, -0.1) is 0 Å². The Labute approximate surface area is 77.6 Å². The molecule has 0 atom stereocenters. The van der Waals surface area contributed by atoms with Crippen molar-refractivity contribution in [1.82, 2.24) is 4.98 Å². The quantitative estimate of drug-likeness (QED) is 0.644. The highest BCUT2D eigenvalue weighted by Gasteiger charge is 2.24. The fraction of sp³-hybridized carbons (Fsp3) is 0.400. The topological polar surface area (TPSA) is 39.9 Å². The van der Waals surface area contributed by atoms with Crippen LogP contribution in [-0.4, -0.2) is 18.1 Å². The van der Waals surface area contributed by atoms with Gasteiger partial charge in [-0.05, 0) is 12.0 Å². The van der Waals surface area contributed by atoms with Crippen molar-refractivity contribution in [2.45, 2.75) is 6.92 Å². The maximum absolute atomic E-state index is 8.84. The first-order valence-corrected chi connectivity index (χ1v) is 4.40. The minimum absolute atomic E-state index is 0.675. The van der Waals surface area contributed by atoms with Crippen LogP contribution in [0.25, 0.3) is 0 Å². The van der Waals surface area contributed by atoms with Crippen molar-refractivity contribution in [2.75, 3.05) is 18.0 Å². The van der Waals surface area contributed by atoms with Gasteiger partial charge in [0.1, 0.15) is 6.07 Å². The zero-order valence-electron chi connectivity index (χ0n) is 7.57. The van der Waals surface area contributed by atoms with Crippen LogP contribution in [0.1, 0.15) is 12.5 Å². The molecule has 2 heterocycles. The molecule has 1 aliphatic heterocycles. The molecule has 1 aromatic rings. The Bertz CT molecular complexity index is 347. The molecule has 1 aromatic heterocycles. The van der Waals surface area contributed by atoms with Crippen LogP contribution in [0, 0.1) is 17.2 Å². The van der Waals surface area contributed by atoms with Gasteiger partial charge in [-0.3, -0.25) is 4.98 Å². The minimum Gasteiger partial charge on any atom is -0.370 e. The molecule has 13 heavy (non-hydrogen) atoms. The molecule has 0 spiro atoms. The molecule has 3 nitrogen and oxygen atoms in total. The van der Waals surface area contributed by atoms with Crippen molar-refractivity contribution in [3.05, 3.63) is 24.0 Å². The Kier molecular flexibility index (Phi) is 1.90. The predicted octanol–water partition coefficient (Wildman–Crippen LogP) is 1.41. The molecule has 1 saturated heterocycles. The van der Waals surface area contributed by atoms with Crippen molar-refractivity contribution < 1.29 is 0 Å². The molecule has 1 aliphatic rings. The number of nitrogens with zero attached hydrogens (tertiary/aromatic N) is 3. The van der Waals surface area contributed by atoms with Gasteiger partial charge in [-0.25, -0.2) is 0 Å². The second-order valence-electron chi connectivity index (χ2n) is 3.51.